The van der Waals surface area contributed by atoms with Crippen LogP contribution in [0.25, 0.3) is 108 Å². The molecule has 0 atom stereocenters. The predicted molar refractivity (Wildman–Crippen MR) is 243 cm³/mol. The highest BCUT2D eigenvalue weighted by Crippen LogP contribution is 2.52. The van der Waals surface area contributed by atoms with E-state index < -0.39 is 0 Å². The van der Waals surface area contributed by atoms with Crippen molar-refractivity contribution in [2.75, 3.05) is 0 Å². The fraction of sp³-hybridized carbons (Fsp3) is 0.0545. The molecule has 0 radical (unpaired) electrons. The Labute approximate surface area is 329 Å². The molecule has 0 spiro atoms. The van der Waals surface area contributed by atoms with Crippen molar-refractivity contribution >= 4 is 74.6 Å². The molecule has 11 aromatic rings. The quantitative estimate of drug-likeness (QED) is 0.159. The van der Waals surface area contributed by atoms with Gasteiger partial charge in [-0.25, -0.2) is 0 Å². The van der Waals surface area contributed by atoms with Gasteiger partial charge in [0.25, 0.3) is 0 Å². The molecule has 0 amide bonds. The molecule has 1 aliphatic rings. The SMILES string of the molecule is CC1(C)c2ccccc2-c2cc3c(cc21)sc1c2cc(-c4cccc(-c5c6ccccc6c(-c6ccc7ccccc7c6)c6ccccc56)c4)ccc2ccc31. The van der Waals surface area contributed by atoms with Gasteiger partial charge in [0.2, 0.25) is 0 Å². The van der Waals surface area contributed by atoms with Crippen LogP contribution >= 0.6 is 11.3 Å². The van der Waals surface area contributed by atoms with E-state index >= 15 is 0 Å². The van der Waals surface area contributed by atoms with Crippen molar-refractivity contribution in [3.05, 3.63) is 193 Å². The Balaban J connectivity index is 1.03. The molecule has 56 heavy (non-hydrogen) atoms. The average Bonchev–Trinajstić information content (AvgIpc) is 3.73. The molecule has 1 aromatic heterocycles. The van der Waals surface area contributed by atoms with E-state index in [0.717, 1.165) is 0 Å². The molecular weight excluding hydrogens is 693 g/mol. The summed E-state index contributed by atoms with van der Waals surface area (Å²) in [5.41, 5.74) is 13.1. The van der Waals surface area contributed by atoms with Crippen LogP contribution in [0.5, 0.6) is 0 Å². The van der Waals surface area contributed by atoms with Gasteiger partial charge in [0.05, 0.1) is 0 Å². The molecule has 0 nitrogen and oxygen atoms in total. The Morgan fingerprint density at radius 3 is 1.70 bits per heavy atom. The first-order chi connectivity index (χ1) is 27.5. The molecule has 0 aliphatic heterocycles. The molecule has 0 fully saturated rings. The third-order valence-corrected chi connectivity index (χ3v) is 13.8. The lowest BCUT2D eigenvalue weighted by Crippen LogP contribution is -2.14. The van der Waals surface area contributed by atoms with Crippen molar-refractivity contribution in [3.63, 3.8) is 0 Å². The van der Waals surface area contributed by atoms with E-state index in [1.165, 1.54) is 119 Å². The third kappa shape index (κ3) is 4.53. The zero-order chi connectivity index (χ0) is 37.1. The van der Waals surface area contributed by atoms with E-state index in [-0.39, 0.29) is 5.41 Å². The number of hydrogen-bond donors (Lipinski definition) is 0. The Bertz CT molecular complexity index is 3390. The van der Waals surface area contributed by atoms with E-state index in [0.29, 0.717) is 0 Å². The van der Waals surface area contributed by atoms with E-state index in [9.17, 15) is 0 Å². The number of thiophene rings is 1. The number of hydrogen-bond acceptors (Lipinski definition) is 1. The van der Waals surface area contributed by atoms with Crippen LogP contribution in [0.15, 0.2) is 182 Å². The highest BCUT2D eigenvalue weighted by atomic mass is 32.1. The molecule has 1 heterocycles. The largest absolute Gasteiger partial charge is 0.135 e. The summed E-state index contributed by atoms with van der Waals surface area (Å²) < 4.78 is 2.73. The molecule has 0 saturated heterocycles. The molecule has 12 rings (SSSR count). The van der Waals surface area contributed by atoms with Crippen LogP contribution in [0.2, 0.25) is 0 Å². The standard InChI is InChI=1S/C55H36S/c1-55(2)49-21-10-9-16-40(49)47-31-48-45-27-26-34-23-24-37(30-46(34)54(45)56-51(48)32-50(47)55)36-14-11-15-38(29-36)52-41-17-5-7-19-43(41)53(44-20-8-6-18-42(44)52)39-25-22-33-12-3-4-13-35(33)28-39/h3-32H,1-2H3. The fourth-order valence-corrected chi connectivity index (χ4v) is 11.1. The smallest absolute Gasteiger partial charge is 0.0434 e. The maximum atomic E-state index is 2.48. The van der Waals surface area contributed by atoms with Gasteiger partial charge in [-0.2, -0.15) is 0 Å². The normalized spacial score (nSPS) is 13.3. The van der Waals surface area contributed by atoms with Gasteiger partial charge >= 0.3 is 0 Å². The summed E-state index contributed by atoms with van der Waals surface area (Å²) in [7, 11) is 0. The highest BCUT2D eigenvalue weighted by Gasteiger charge is 2.35. The lowest BCUT2D eigenvalue weighted by molar-refractivity contribution is 0.661. The van der Waals surface area contributed by atoms with Gasteiger partial charge in [-0.3, -0.25) is 0 Å². The minimum Gasteiger partial charge on any atom is -0.135 e. The van der Waals surface area contributed by atoms with E-state index in [2.05, 4.69) is 196 Å². The minimum absolute atomic E-state index is 0.00997. The monoisotopic (exact) mass is 728 g/mol. The van der Waals surface area contributed by atoms with E-state index in [1.54, 1.807) is 0 Å². The van der Waals surface area contributed by atoms with Crippen LogP contribution in [0.4, 0.5) is 0 Å². The topological polar surface area (TPSA) is 0 Å². The van der Waals surface area contributed by atoms with Gasteiger partial charge in [-0.15, -0.1) is 11.3 Å². The second kappa shape index (κ2) is 11.7. The summed E-state index contributed by atoms with van der Waals surface area (Å²) in [5.74, 6) is 0. The average molecular weight is 729 g/mol. The molecule has 0 saturated carbocycles. The molecule has 262 valence electrons. The summed E-state index contributed by atoms with van der Waals surface area (Å²) in [6.07, 6.45) is 0. The van der Waals surface area contributed by atoms with E-state index in [4.69, 9.17) is 0 Å². The third-order valence-electron chi connectivity index (χ3n) is 12.6. The van der Waals surface area contributed by atoms with Gasteiger partial charge in [0, 0.05) is 31.0 Å². The van der Waals surface area contributed by atoms with Crippen molar-refractivity contribution in [2.24, 2.45) is 0 Å². The molecule has 1 aliphatic carbocycles. The fourth-order valence-electron chi connectivity index (χ4n) is 9.88. The lowest BCUT2D eigenvalue weighted by atomic mass is 9.82. The van der Waals surface area contributed by atoms with Crippen LogP contribution in [-0.4, -0.2) is 0 Å². The van der Waals surface area contributed by atoms with Crippen LogP contribution in [0, 0.1) is 0 Å². The van der Waals surface area contributed by atoms with Crippen LogP contribution in [0.1, 0.15) is 25.0 Å². The first-order valence-electron chi connectivity index (χ1n) is 19.6. The Morgan fingerprint density at radius 1 is 0.339 bits per heavy atom. The van der Waals surface area contributed by atoms with Crippen molar-refractivity contribution in [1.29, 1.82) is 0 Å². The van der Waals surface area contributed by atoms with Crippen LogP contribution in [-0.2, 0) is 5.41 Å². The summed E-state index contributed by atoms with van der Waals surface area (Å²) in [6, 6.07) is 68.3. The first kappa shape index (κ1) is 31.8. The number of benzene rings is 10. The van der Waals surface area contributed by atoms with Crippen LogP contribution in [0.3, 0.4) is 0 Å². The van der Waals surface area contributed by atoms with Crippen LogP contribution < -0.4 is 0 Å². The molecule has 1 heteroatoms. The van der Waals surface area contributed by atoms with E-state index in [1.807, 2.05) is 11.3 Å². The Hall–Kier alpha value is -6.54. The predicted octanol–water partition coefficient (Wildman–Crippen LogP) is 16.0. The van der Waals surface area contributed by atoms with Crippen molar-refractivity contribution < 1.29 is 0 Å². The zero-order valence-electron chi connectivity index (χ0n) is 31.2. The molecule has 10 aromatic carbocycles. The van der Waals surface area contributed by atoms with Gasteiger partial charge in [0.15, 0.2) is 0 Å². The molecule has 0 bridgehead atoms. The Morgan fingerprint density at radius 2 is 0.929 bits per heavy atom. The zero-order valence-corrected chi connectivity index (χ0v) is 32.0. The summed E-state index contributed by atoms with van der Waals surface area (Å²) in [4.78, 5) is 0. The first-order valence-corrected chi connectivity index (χ1v) is 20.4. The van der Waals surface area contributed by atoms with Crippen molar-refractivity contribution in [2.45, 2.75) is 19.3 Å². The number of rotatable bonds is 3. The van der Waals surface area contributed by atoms with Gasteiger partial charge < -0.3 is 0 Å². The summed E-state index contributed by atoms with van der Waals surface area (Å²) in [6.45, 7) is 4.74. The maximum absolute atomic E-state index is 2.48. The molecular formula is C55H36S. The van der Waals surface area contributed by atoms with Gasteiger partial charge in [-0.1, -0.05) is 166 Å². The lowest BCUT2D eigenvalue weighted by Gasteiger charge is -2.21. The molecule has 0 unspecified atom stereocenters. The second-order valence-corrected chi connectivity index (χ2v) is 17.1. The molecule has 0 N–H and O–H groups in total. The van der Waals surface area contributed by atoms with Gasteiger partial charge in [0.1, 0.15) is 0 Å². The maximum Gasteiger partial charge on any atom is 0.0434 e. The summed E-state index contributed by atoms with van der Waals surface area (Å²) in [5, 5.41) is 12.9. The van der Waals surface area contributed by atoms with Crippen molar-refractivity contribution in [1.82, 2.24) is 0 Å². The van der Waals surface area contributed by atoms with Crippen molar-refractivity contribution in [3.8, 4) is 44.5 Å². The Kier molecular flexibility index (Phi) is 6.66. The summed E-state index contributed by atoms with van der Waals surface area (Å²) >= 11 is 1.94. The highest BCUT2D eigenvalue weighted by molar-refractivity contribution is 7.26. The second-order valence-electron chi connectivity index (χ2n) is 16.0. The minimum atomic E-state index is -0.00997. The number of fused-ring (bicyclic) bond motifs is 11. The van der Waals surface area contributed by atoms with Gasteiger partial charge in [-0.05, 0) is 124 Å².